The molecule has 0 spiro atoms. The van der Waals surface area contributed by atoms with Crippen molar-refractivity contribution >= 4 is 55.6 Å². The van der Waals surface area contributed by atoms with Crippen molar-refractivity contribution in [2.75, 3.05) is 13.7 Å². The van der Waals surface area contributed by atoms with Crippen molar-refractivity contribution in [3.8, 4) is 17.2 Å². The van der Waals surface area contributed by atoms with Gasteiger partial charge in [0.15, 0.2) is 18.1 Å². The quantitative estimate of drug-likeness (QED) is 0.470. The zero-order valence-corrected chi connectivity index (χ0v) is 16.9. The first-order valence-electron chi connectivity index (χ1n) is 6.87. The van der Waals surface area contributed by atoms with Gasteiger partial charge in [0.2, 0.25) is 0 Å². The highest BCUT2D eigenvalue weighted by Crippen LogP contribution is 2.34. The summed E-state index contributed by atoms with van der Waals surface area (Å²) in [7, 11) is 1.44. The first-order chi connectivity index (χ1) is 11.9. The number of aromatic hydroxyl groups is 1. The molecule has 132 valence electrons. The Morgan fingerprint density at radius 1 is 1.28 bits per heavy atom. The Morgan fingerprint density at radius 2 is 2.04 bits per heavy atom. The van der Waals surface area contributed by atoms with Crippen LogP contribution in [-0.2, 0) is 4.79 Å². The molecule has 0 fully saturated rings. The van der Waals surface area contributed by atoms with Crippen molar-refractivity contribution in [1.29, 1.82) is 0 Å². The Morgan fingerprint density at radius 3 is 2.72 bits per heavy atom. The summed E-state index contributed by atoms with van der Waals surface area (Å²) in [5.41, 5.74) is 2.98. The molecule has 2 N–H and O–H groups in total. The molecular weight excluding hydrogens is 479 g/mol. The number of amides is 1. The van der Waals surface area contributed by atoms with E-state index in [9.17, 15) is 9.90 Å². The molecule has 0 aromatic heterocycles. The highest BCUT2D eigenvalue weighted by molar-refractivity contribution is 9.10. The van der Waals surface area contributed by atoms with E-state index >= 15 is 0 Å². The van der Waals surface area contributed by atoms with Crippen molar-refractivity contribution in [2.45, 2.75) is 0 Å². The van der Waals surface area contributed by atoms with Gasteiger partial charge in [-0.05, 0) is 67.8 Å². The number of nitrogens with one attached hydrogen (secondary N) is 1. The molecular formula is C16H13Br2ClN2O4. The lowest BCUT2D eigenvalue weighted by molar-refractivity contribution is -0.123. The molecule has 0 unspecified atom stereocenters. The van der Waals surface area contributed by atoms with Crippen LogP contribution >= 0.6 is 43.5 Å². The Labute approximate surface area is 166 Å². The van der Waals surface area contributed by atoms with Gasteiger partial charge in [-0.1, -0.05) is 11.6 Å². The van der Waals surface area contributed by atoms with E-state index in [4.69, 9.17) is 21.1 Å². The maximum atomic E-state index is 11.8. The number of hydrazone groups is 1. The number of phenols is 1. The third kappa shape index (κ3) is 5.62. The first kappa shape index (κ1) is 19.6. The predicted molar refractivity (Wildman–Crippen MR) is 103 cm³/mol. The second-order valence-corrected chi connectivity index (χ2v) is 6.86. The number of methoxy groups -OCH3 is 1. The van der Waals surface area contributed by atoms with Crippen molar-refractivity contribution in [3.05, 3.63) is 49.9 Å². The van der Waals surface area contributed by atoms with E-state index in [0.29, 0.717) is 25.3 Å². The van der Waals surface area contributed by atoms with Crippen LogP contribution in [0.1, 0.15) is 5.56 Å². The third-order valence-electron chi connectivity index (χ3n) is 2.93. The van der Waals surface area contributed by atoms with Gasteiger partial charge < -0.3 is 14.6 Å². The van der Waals surface area contributed by atoms with Crippen molar-refractivity contribution in [3.63, 3.8) is 0 Å². The van der Waals surface area contributed by atoms with Gasteiger partial charge in [-0.25, -0.2) is 5.43 Å². The molecule has 0 saturated heterocycles. The number of carbonyl (C=O) groups excluding carboxylic acids is 1. The summed E-state index contributed by atoms with van der Waals surface area (Å²) in [5.74, 6) is 0.349. The molecule has 0 atom stereocenters. The van der Waals surface area contributed by atoms with Crippen LogP contribution < -0.4 is 14.9 Å². The second kappa shape index (κ2) is 9.07. The van der Waals surface area contributed by atoms with Crippen LogP contribution in [0.15, 0.2) is 44.4 Å². The standard InChI is InChI=1S/C16H13Br2ClN2O4/c1-24-14-5-9(4-12(18)16(14)23)7-20-21-15(22)8-25-13-3-2-10(19)6-11(13)17/h2-7,23H,8H2,1H3,(H,21,22)/b20-7+. The van der Waals surface area contributed by atoms with Crippen molar-refractivity contribution in [2.24, 2.45) is 5.10 Å². The molecule has 0 radical (unpaired) electrons. The molecule has 1 amide bonds. The van der Waals surface area contributed by atoms with Gasteiger partial charge in [0, 0.05) is 5.02 Å². The highest BCUT2D eigenvalue weighted by atomic mass is 79.9. The van der Waals surface area contributed by atoms with E-state index in [0.717, 1.165) is 0 Å². The van der Waals surface area contributed by atoms with E-state index < -0.39 is 5.91 Å². The molecule has 25 heavy (non-hydrogen) atoms. The Bertz CT molecular complexity index is 815. The van der Waals surface area contributed by atoms with Crippen molar-refractivity contribution < 1.29 is 19.4 Å². The lowest BCUT2D eigenvalue weighted by Crippen LogP contribution is -2.24. The zero-order valence-electron chi connectivity index (χ0n) is 12.9. The third-order valence-corrected chi connectivity index (χ3v) is 4.39. The largest absolute Gasteiger partial charge is 0.503 e. The number of phenolic OH excluding ortho intramolecular Hbond substituents is 1. The fraction of sp³-hybridized carbons (Fsp3) is 0.125. The minimum absolute atomic E-state index is 0.00868. The molecule has 0 heterocycles. The minimum Gasteiger partial charge on any atom is -0.503 e. The van der Waals surface area contributed by atoms with E-state index in [1.54, 1.807) is 30.3 Å². The molecule has 6 nitrogen and oxygen atoms in total. The zero-order chi connectivity index (χ0) is 18.4. The molecule has 0 aliphatic heterocycles. The molecule has 0 aliphatic carbocycles. The van der Waals surface area contributed by atoms with Gasteiger partial charge in [0.05, 0.1) is 22.3 Å². The van der Waals surface area contributed by atoms with Crippen LogP contribution in [-0.4, -0.2) is 30.9 Å². The average Bonchev–Trinajstić information content (AvgIpc) is 2.57. The average molecular weight is 493 g/mol. The lowest BCUT2D eigenvalue weighted by Gasteiger charge is -2.07. The van der Waals surface area contributed by atoms with E-state index in [-0.39, 0.29) is 18.1 Å². The fourth-order valence-corrected chi connectivity index (χ4v) is 3.03. The Balaban J connectivity index is 1.91. The number of benzene rings is 2. The van der Waals surface area contributed by atoms with Crippen molar-refractivity contribution in [1.82, 2.24) is 5.43 Å². The fourth-order valence-electron chi connectivity index (χ4n) is 1.77. The molecule has 2 aromatic rings. The van der Waals surface area contributed by atoms with Gasteiger partial charge in [-0.2, -0.15) is 5.10 Å². The van der Waals surface area contributed by atoms with Crippen LogP contribution in [0.4, 0.5) is 0 Å². The van der Waals surface area contributed by atoms with Gasteiger partial charge in [-0.3, -0.25) is 4.79 Å². The summed E-state index contributed by atoms with van der Waals surface area (Å²) in [4.78, 5) is 11.8. The molecule has 2 rings (SSSR count). The molecule has 0 bridgehead atoms. The van der Waals surface area contributed by atoms with Crippen LogP contribution in [0.2, 0.25) is 5.02 Å². The summed E-state index contributed by atoms with van der Waals surface area (Å²) in [6, 6.07) is 8.20. The van der Waals surface area contributed by atoms with Gasteiger partial charge >= 0.3 is 0 Å². The number of rotatable bonds is 6. The number of nitrogens with zero attached hydrogens (tertiary/aromatic N) is 1. The van der Waals surface area contributed by atoms with Crippen LogP contribution in [0.25, 0.3) is 0 Å². The summed E-state index contributed by atoms with van der Waals surface area (Å²) in [6.45, 7) is -0.208. The van der Waals surface area contributed by atoms with Gasteiger partial charge in [-0.15, -0.1) is 0 Å². The maximum Gasteiger partial charge on any atom is 0.277 e. The summed E-state index contributed by atoms with van der Waals surface area (Å²) >= 11 is 12.3. The summed E-state index contributed by atoms with van der Waals surface area (Å²) in [5, 5.41) is 14.1. The number of hydrogen-bond acceptors (Lipinski definition) is 5. The van der Waals surface area contributed by atoms with Gasteiger partial charge in [0.1, 0.15) is 5.75 Å². The topological polar surface area (TPSA) is 80.2 Å². The number of halogens is 3. The van der Waals surface area contributed by atoms with Crippen LogP contribution in [0.3, 0.4) is 0 Å². The molecule has 0 saturated carbocycles. The van der Waals surface area contributed by atoms with E-state index in [1.807, 2.05) is 0 Å². The molecule has 9 heteroatoms. The van der Waals surface area contributed by atoms with E-state index in [1.165, 1.54) is 13.3 Å². The maximum absolute atomic E-state index is 11.8. The lowest BCUT2D eigenvalue weighted by atomic mass is 10.2. The molecule has 0 aliphatic rings. The van der Waals surface area contributed by atoms with Crippen LogP contribution in [0, 0.1) is 0 Å². The second-order valence-electron chi connectivity index (χ2n) is 4.71. The smallest absolute Gasteiger partial charge is 0.277 e. The van der Waals surface area contributed by atoms with Crippen LogP contribution in [0.5, 0.6) is 17.2 Å². The number of ether oxygens (including phenoxy) is 2. The monoisotopic (exact) mass is 490 g/mol. The van der Waals surface area contributed by atoms with Gasteiger partial charge in [0.25, 0.3) is 5.91 Å². The summed E-state index contributed by atoms with van der Waals surface area (Å²) < 4.78 is 11.5. The highest BCUT2D eigenvalue weighted by Gasteiger charge is 2.08. The Kier molecular flexibility index (Phi) is 7.10. The first-order valence-corrected chi connectivity index (χ1v) is 8.83. The SMILES string of the molecule is COc1cc(/C=N/NC(=O)COc2ccc(Cl)cc2Br)cc(Br)c1O. The van der Waals surface area contributed by atoms with E-state index in [2.05, 4.69) is 42.4 Å². The summed E-state index contributed by atoms with van der Waals surface area (Å²) in [6.07, 6.45) is 1.42. The Hall–Kier alpha value is -1.77. The predicted octanol–water partition coefficient (Wildman–Crippen LogP) is 4.11. The molecule has 2 aromatic carbocycles. The minimum atomic E-state index is -0.428. The number of hydrogen-bond donors (Lipinski definition) is 2. The number of carbonyl (C=O) groups is 1. The normalized spacial score (nSPS) is 10.7.